The highest BCUT2D eigenvalue weighted by molar-refractivity contribution is 5.71. The highest BCUT2D eigenvalue weighted by Gasteiger charge is 2.08. The fourth-order valence-corrected chi connectivity index (χ4v) is 3.29. The topological polar surface area (TPSA) is 102 Å². The monoisotopic (exact) mass is 441 g/mol. The van der Waals surface area contributed by atoms with Gasteiger partial charge in [-0.2, -0.15) is 4.98 Å². The van der Waals surface area contributed by atoms with E-state index in [2.05, 4.69) is 42.1 Å². The van der Waals surface area contributed by atoms with E-state index in [9.17, 15) is 0 Å². The maximum absolute atomic E-state index is 6.11. The summed E-state index contributed by atoms with van der Waals surface area (Å²) in [5.41, 5.74) is 12.0. The summed E-state index contributed by atoms with van der Waals surface area (Å²) in [6.07, 6.45) is 8.70. The summed E-state index contributed by atoms with van der Waals surface area (Å²) >= 11 is 0. The van der Waals surface area contributed by atoms with Crippen molar-refractivity contribution in [1.82, 2.24) is 24.9 Å². The van der Waals surface area contributed by atoms with E-state index in [1.807, 2.05) is 72.9 Å². The molecule has 5 aromatic rings. The van der Waals surface area contributed by atoms with Crippen molar-refractivity contribution in [2.45, 2.75) is 0 Å². The van der Waals surface area contributed by atoms with Crippen molar-refractivity contribution >= 4 is 17.5 Å². The van der Waals surface area contributed by atoms with E-state index in [1.54, 1.807) is 24.8 Å². The number of nitrogens with one attached hydrogen (secondary N) is 1. The lowest BCUT2D eigenvalue weighted by molar-refractivity contribution is 1.17. The molecule has 0 aliphatic rings. The Labute approximate surface area is 196 Å². The van der Waals surface area contributed by atoms with Gasteiger partial charge < -0.3 is 11.1 Å². The lowest BCUT2D eigenvalue weighted by atomic mass is 10.1. The third-order valence-electron chi connectivity index (χ3n) is 4.99. The Morgan fingerprint density at radius 1 is 0.735 bits per heavy atom. The summed E-state index contributed by atoms with van der Waals surface area (Å²) in [6.45, 7) is 0. The lowest BCUT2D eigenvalue weighted by Crippen LogP contribution is -2.02. The summed E-state index contributed by atoms with van der Waals surface area (Å²) in [5, 5.41) is 3.16. The van der Waals surface area contributed by atoms with Crippen molar-refractivity contribution in [3.05, 3.63) is 109 Å². The van der Waals surface area contributed by atoms with E-state index in [0.717, 1.165) is 28.1 Å². The number of anilines is 3. The van der Waals surface area contributed by atoms with Crippen LogP contribution < -0.4 is 11.1 Å². The molecule has 0 bridgehead atoms. The van der Waals surface area contributed by atoms with E-state index >= 15 is 0 Å². The third kappa shape index (κ3) is 4.87. The zero-order valence-corrected chi connectivity index (χ0v) is 18.1. The molecule has 4 heterocycles. The smallest absolute Gasteiger partial charge is 0.229 e. The minimum Gasteiger partial charge on any atom is -0.383 e. The van der Waals surface area contributed by atoms with Gasteiger partial charge in [0.15, 0.2) is 0 Å². The van der Waals surface area contributed by atoms with Crippen LogP contribution in [0.25, 0.3) is 22.4 Å². The molecule has 7 heteroatoms. The Balaban J connectivity index is 1.28. The second-order valence-corrected chi connectivity index (χ2v) is 7.33. The standard InChI is InChI=1S/C27H19N7/c28-26-24(25-5-1-2-14-31-25)18-32-27(34-26)33-22-9-6-19(7-10-22)8-11-23-16-20(12-15-30-23)21-4-3-13-29-17-21/h1-7,9-10,12-18H,(H3,28,32,33,34). The fourth-order valence-electron chi connectivity index (χ4n) is 3.29. The molecule has 0 aliphatic heterocycles. The molecule has 0 radical (unpaired) electrons. The van der Waals surface area contributed by atoms with Crippen LogP contribution in [0, 0.1) is 11.8 Å². The molecule has 3 N–H and O–H groups in total. The van der Waals surface area contributed by atoms with Gasteiger partial charge in [0.25, 0.3) is 0 Å². The van der Waals surface area contributed by atoms with Crippen molar-refractivity contribution in [3.63, 3.8) is 0 Å². The normalized spacial score (nSPS) is 10.2. The first-order valence-corrected chi connectivity index (χ1v) is 10.5. The molecule has 0 saturated heterocycles. The average molecular weight is 441 g/mol. The van der Waals surface area contributed by atoms with E-state index in [-0.39, 0.29) is 0 Å². The van der Waals surface area contributed by atoms with Crippen molar-refractivity contribution in [2.24, 2.45) is 0 Å². The van der Waals surface area contributed by atoms with Crippen LogP contribution in [0.1, 0.15) is 11.3 Å². The Hall–Kier alpha value is -5.09. The molecular formula is C27H19N7. The van der Waals surface area contributed by atoms with Gasteiger partial charge in [0.2, 0.25) is 5.95 Å². The number of pyridine rings is 3. The molecule has 1 aromatic carbocycles. The molecule has 0 atom stereocenters. The van der Waals surface area contributed by atoms with Gasteiger partial charge in [0, 0.05) is 47.8 Å². The minimum atomic E-state index is 0.361. The number of hydrogen-bond acceptors (Lipinski definition) is 7. The number of nitrogens with two attached hydrogens (primary N) is 1. The van der Waals surface area contributed by atoms with Gasteiger partial charge >= 0.3 is 0 Å². The van der Waals surface area contributed by atoms with Crippen LogP contribution >= 0.6 is 0 Å². The molecule has 0 aliphatic carbocycles. The number of hydrogen-bond donors (Lipinski definition) is 2. The van der Waals surface area contributed by atoms with E-state index in [1.165, 1.54) is 0 Å². The summed E-state index contributed by atoms with van der Waals surface area (Å²) in [7, 11) is 0. The Kier molecular flexibility index (Phi) is 5.86. The quantitative estimate of drug-likeness (QED) is 0.389. The van der Waals surface area contributed by atoms with E-state index in [4.69, 9.17) is 5.73 Å². The Morgan fingerprint density at radius 3 is 2.41 bits per heavy atom. The van der Waals surface area contributed by atoms with E-state index in [0.29, 0.717) is 23.0 Å². The van der Waals surface area contributed by atoms with Crippen molar-refractivity contribution in [1.29, 1.82) is 0 Å². The van der Waals surface area contributed by atoms with Crippen LogP contribution in [0.3, 0.4) is 0 Å². The summed E-state index contributed by atoms with van der Waals surface area (Å²) < 4.78 is 0. The number of aromatic nitrogens is 5. The highest BCUT2D eigenvalue weighted by Crippen LogP contribution is 2.23. The summed E-state index contributed by atoms with van der Waals surface area (Å²) in [5.74, 6) is 7.04. The first-order valence-electron chi connectivity index (χ1n) is 10.5. The molecule has 34 heavy (non-hydrogen) atoms. The van der Waals surface area contributed by atoms with Crippen LogP contribution in [0.4, 0.5) is 17.5 Å². The second kappa shape index (κ2) is 9.59. The van der Waals surface area contributed by atoms with Crippen molar-refractivity contribution in [3.8, 4) is 34.2 Å². The van der Waals surface area contributed by atoms with Crippen LogP contribution in [0.15, 0.2) is 97.7 Å². The molecule has 0 spiro atoms. The molecule has 4 aromatic heterocycles. The number of rotatable bonds is 4. The second-order valence-electron chi connectivity index (χ2n) is 7.33. The van der Waals surface area contributed by atoms with Crippen LogP contribution in [-0.2, 0) is 0 Å². The molecule has 0 unspecified atom stereocenters. The van der Waals surface area contributed by atoms with Crippen LogP contribution in [-0.4, -0.2) is 24.9 Å². The van der Waals surface area contributed by atoms with Gasteiger partial charge in [-0.3, -0.25) is 9.97 Å². The number of benzene rings is 1. The third-order valence-corrected chi connectivity index (χ3v) is 4.99. The number of nitrogen functional groups attached to an aromatic ring is 1. The maximum atomic E-state index is 6.11. The van der Waals surface area contributed by atoms with E-state index < -0.39 is 0 Å². The predicted molar refractivity (Wildman–Crippen MR) is 133 cm³/mol. The average Bonchev–Trinajstić information content (AvgIpc) is 2.90. The van der Waals surface area contributed by atoms with Gasteiger partial charge in [-0.05, 0) is 66.1 Å². The van der Waals surface area contributed by atoms with Crippen LogP contribution in [0.2, 0.25) is 0 Å². The van der Waals surface area contributed by atoms with Crippen molar-refractivity contribution < 1.29 is 0 Å². The van der Waals surface area contributed by atoms with Gasteiger partial charge in [-0.15, -0.1) is 0 Å². The molecule has 162 valence electrons. The maximum Gasteiger partial charge on any atom is 0.229 e. The first kappa shape index (κ1) is 20.8. The highest BCUT2D eigenvalue weighted by atomic mass is 15.1. The molecule has 5 rings (SSSR count). The predicted octanol–water partition coefficient (Wildman–Crippen LogP) is 4.72. The Morgan fingerprint density at radius 2 is 1.65 bits per heavy atom. The molecule has 7 nitrogen and oxygen atoms in total. The lowest BCUT2D eigenvalue weighted by Gasteiger charge is -2.08. The zero-order chi connectivity index (χ0) is 23.2. The van der Waals surface area contributed by atoms with Crippen molar-refractivity contribution in [2.75, 3.05) is 11.1 Å². The fraction of sp³-hybridized carbons (Fsp3) is 0. The van der Waals surface area contributed by atoms with Crippen LogP contribution in [0.5, 0.6) is 0 Å². The molecule has 0 saturated carbocycles. The SMILES string of the molecule is Nc1nc(Nc2ccc(C#Cc3cc(-c4cccnc4)ccn3)cc2)ncc1-c1ccccn1. The summed E-state index contributed by atoms with van der Waals surface area (Å²) in [6, 6.07) is 21.1. The minimum absolute atomic E-state index is 0.361. The number of nitrogens with zero attached hydrogens (tertiary/aromatic N) is 5. The van der Waals surface area contributed by atoms with Gasteiger partial charge in [0.05, 0.1) is 11.3 Å². The molecular weight excluding hydrogens is 422 g/mol. The van der Waals surface area contributed by atoms with Gasteiger partial charge in [0.1, 0.15) is 11.5 Å². The molecule has 0 amide bonds. The first-order chi connectivity index (χ1) is 16.7. The van der Waals surface area contributed by atoms with Gasteiger partial charge in [-0.1, -0.05) is 18.1 Å². The zero-order valence-electron chi connectivity index (χ0n) is 18.1. The molecule has 0 fully saturated rings. The Bertz CT molecular complexity index is 1470. The largest absolute Gasteiger partial charge is 0.383 e. The van der Waals surface area contributed by atoms with Gasteiger partial charge in [-0.25, -0.2) is 9.97 Å². The summed E-state index contributed by atoms with van der Waals surface area (Å²) in [4.78, 5) is 21.5.